The van der Waals surface area contributed by atoms with Gasteiger partial charge < -0.3 is 10.1 Å². The number of esters is 1. The van der Waals surface area contributed by atoms with Crippen LogP contribution < -0.4 is 5.32 Å². The normalized spacial score (nSPS) is 15.4. The Morgan fingerprint density at radius 2 is 2.03 bits per heavy atom. The number of carbonyl (C=O) groups excluding carboxylic acids is 2. The summed E-state index contributed by atoms with van der Waals surface area (Å²) in [6, 6.07) is 3.27. The molecular formula is C19H22ClF2N5O3. The molecule has 162 valence electrons. The second-order valence-corrected chi connectivity index (χ2v) is 7.29. The fourth-order valence-corrected chi connectivity index (χ4v) is 3.42. The number of alkyl halides is 2. The number of hydrogen-bond donors (Lipinski definition) is 1. The highest BCUT2D eigenvalue weighted by molar-refractivity contribution is 6.30. The number of piperidine rings is 1. The number of amides is 1. The number of halogens is 3. The summed E-state index contributed by atoms with van der Waals surface area (Å²) in [6.45, 7) is 2.86. The van der Waals surface area contributed by atoms with Gasteiger partial charge in [0.2, 0.25) is 5.91 Å². The van der Waals surface area contributed by atoms with Gasteiger partial charge in [0.15, 0.2) is 0 Å². The van der Waals surface area contributed by atoms with E-state index < -0.39 is 18.1 Å². The van der Waals surface area contributed by atoms with Crippen molar-refractivity contribution in [2.45, 2.75) is 32.9 Å². The summed E-state index contributed by atoms with van der Waals surface area (Å²) in [4.78, 5) is 30.3. The molecule has 1 saturated heterocycles. The summed E-state index contributed by atoms with van der Waals surface area (Å²) in [5.74, 6) is -0.732. The van der Waals surface area contributed by atoms with Crippen molar-refractivity contribution in [3.63, 3.8) is 0 Å². The summed E-state index contributed by atoms with van der Waals surface area (Å²) in [5, 5.41) is 7.19. The lowest BCUT2D eigenvalue weighted by molar-refractivity contribution is -0.121. The first kappa shape index (κ1) is 22.1. The SMILES string of the molecule is CCOC(=O)c1cnn(CN2CCC(C(=O)Nc3ccc(Cl)cn3)CC2)c1C(F)F. The van der Waals surface area contributed by atoms with Gasteiger partial charge in [-0.15, -0.1) is 0 Å². The molecule has 0 atom stereocenters. The molecule has 1 aliphatic heterocycles. The summed E-state index contributed by atoms with van der Waals surface area (Å²) in [7, 11) is 0. The molecule has 2 aromatic rings. The summed E-state index contributed by atoms with van der Waals surface area (Å²) in [6.07, 6.45) is 0.834. The van der Waals surface area contributed by atoms with Crippen LogP contribution in [0.25, 0.3) is 0 Å². The van der Waals surface area contributed by atoms with E-state index >= 15 is 0 Å². The number of likely N-dealkylation sites (tertiary alicyclic amines) is 1. The van der Waals surface area contributed by atoms with Gasteiger partial charge in [0.05, 0.1) is 24.5 Å². The molecule has 0 aliphatic carbocycles. The lowest BCUT2D eigenvalue weighted by atomic mass is 9.96. The number of nitrogens with zero attached hydrogens (tertiary/aromatic N) is 4. The second-order valence-electron chi connectivity index (χ2n) is 6.85. The van der Waals surface area contributed by atoms with Crippen LogP contribution >= 0.6 is 11.6 Å². The minimum Gasteiger partial charge on any atom is -0.462 e. The first-order valence-corrected chi connectivity index (χ1v) is 9.92. The third-order valence-corrected chi connectivity index (χ3v) is 5.08. The number of pyridine rings is 1. The molecule has 0 bridgehead atoms. The lowest BCUT2D eigenvalue weighted by Gasteiger charge is -2.31. The van der Waals surface area contributed by atoms with Crippen LogP contribution in [0.5, 0.6) is 0 Å². The molecule has 11 heteroatoms. The molecular weight excluding hydrogens is 420 g/mol. The number of ether oxygens (including phenoxy) is 1. The predicted molar refractivity (Wildman–Crippen MR) is 105 cm³/mol. The van der Waals surface area contributed by atoms with Gasteiger partial charge in [-0.2, -0.15) is 5.10 Å². The van der Waals surface area contributed by atoms with E-state index in [1.807, 2.05) is 4.90 Å². The van der Waals surface area contributed by atoms with Gasteiger partial charge in [-0.05, 0) is 31.9 Å². The maximum Gasteiger partial charge on any atom is 0.341 e. The molecule has 8 nitrogen and oxygen atoms in total. The van der Waals surface area contributed by atoms with Crippen LogP contribution in [0.2, 0.25) is 5.02 Å². The average Bonchev–Trinajstić information content (AvgIpc) is 3.14. The van der Waals surface area contributed by atoms with Crippen molar-refractivity contribution >= 4 is 29.3 Å². The van der Waals surface area contributed by atoms with Crippen molar-refractivity contribution in [1.82, 2.24) is 19.7 Å². The zero-order valence-electron chi connectivity index (χ0n) is 16.4. The molecule has 1 amide bonds. The molecule has 3 rings (SSSR count). The third-order valence-electron chi connectivity index (χ3n) is 4.85. The van der Waals surface area contributed by atoms with Crippen LogP contribution in [-0.2, 0) is 16.2 Å². The number of anilines is 1. The average molecular weight is 442 g/mol. The predicted octanol–water partition coefficient (Wildman–Crippen LogP) is 3.35. The van der Waals surface area contributed by atoms with Gasteiger partial charge in [0, 0.05) is 25.2 Å². The van der Waals surface area contributed by atoms with E-state index in [4.69, 9.17) is 16.3 Å². The Kier molecular flexibility index (Phi) is 7.33. The van der Waals surface area contributed by atoms with Crippen molar-refractivity contribution in [3.05, 3.63) is 40.8 Å². The van der Waals surface area contributed by atoms with Crippen molar-refractivity contribution in [1.29, 1.82) is 0 Å². The lowest BCUT2D eigenvalue weighted by Crippen LogP contribution is -2.39. The van der Waals surface area contributed by atoms with Crippen LogP contribution in [0.4, 0.5) is 14.6 Å². The third kappa shape index (κ3) is 5.31. The van der Waals surface area contributed by atoms with Gasteiger partial charge in [0.25, 0.3) is 6.43 Å². The first-order valence-electron chi connectivity index (χ1n) is 9.54. The van der Waals surface area contributed by atoms with E-state index in [0.717, 1.165) is 10.9 Å². The van der Waals surface area contributed by atoms with Crippen molar-refractivity contribution < 1.29 is 23.1 Å². The Morgan fingerprint density at radius 1 is 1.30 bits per heavy atom. The van der Waals surface area contributed by atoms with E-state index in [2.05, 4.69) is 15.4 Å². The van der Waals surface area contributed by atoms with E-state index in [0.29, 0.717) is 36.8 Å². The van der Waals surface area contributed by atoms with Gasteiger partial charge in [-0.25, -0.2) is 23.2 Å². The van der Waals surface area contributed by atoms with E-state index in [1.54, 1.807) is 19.1 Å². The number of aromatic nitrogens is 3. The van der Waals surface area contributed by atoms with Gasteiger partial charge in [0.1, 0.15) is 17.1 Å². The molecule has 0 radical (unpaired) electrons. The summed E-state index contributed by atoms with van der Waals surface area (Å²) >= 11 is 5.78. The zero-order valence-corrected chi connectivity index (χ0v) is 17.1. The van der Waals surface area contributed by atoms with Gasteiger partial charge in [-0.1, -0.05) is 11.6 Å². The molecule has 3 heterocycles. The van der Waals surface area contributed by atoms with Crippen LogP contribution in [0.1, 0.15) is 42.2 Å². The van der Waals surface area contributed by atoms with Gasteiger partial charge in [-0.3, -0.25) is 9.69 Å². The fraction of sp³-hybridized carbons (Fsp3) is 0.474. The van der Waals surface area contributed by atoms with E-state index in [1.165, 1.54) is 6.20 Å². The van der Waals surface area contributed by atoms with Crippen molar-refractivity contribution in [3.8, 4) is 0 Å². The summed E-state index contributed by atoms with van der Waals surface area (Å²) in [5.41, 5.74) is -0.682. The number of carbonyl (C=O) groups is 2. The molecule has 0 unspecified atom stereocenters. The van der Waals surface area contributed by atoms with Gasteiger partial charge >= 0.3 is 5.97 Å². The maximum absolute atomic E-state index is 13.5. The van der Waals surface area contributed by atoms with Crippen LogP contribution in [0, 0.1) is 5.92 Å². The Bertz CT molecular complexity index is 883. The molecule has 1 aliphatic rings. The van der Waals surface area contributed by atoms with Crippen molar-refractivity contribution in [2.75, 3.05) is 25.0 Å². The minimum absolute atomic E-state index is 0.0911. The van der Waals surface area contributed by atoms with Crippen LogP contribution in [0.15, 0.2) is 24.5 Å². The fourth-order valence-electron chi connectivity index (χ4n) is 3.31. The molecule has 0 aromatic carbocycles. The molecule has 0 saturated carbocycles. The summed E-state index contributed by atoms with van der Waals surface area (Å²) < 4.78 is 33.0. The van der Waals surface area contributed by atoms with E-state index in [-0.39, 0.29) is 30.7 Å². The highest BCUT2D eigenvalue weighted by atomic mass is 35.5. The molecule has 1 fully saturated rings. The Morgan fingerprint density at radius 3 is 2.63 bits per heavy atom. The number of hydrogen-bond acceptors (Lipinski definition) is 6. The van der Waals surface area contributed by atoms with Crippen LogP contribution in [-0.4, -0.2) is 51.2 Å². The number of rotatable bonds is 7. The Balaban J connectivity index is 1.57. The second kappa shape index (κ2) is 9.94. The minimum atomic E-state index is -2.86. The highest BCUT2D eigenvalue weighted by Gasteiger charge is 2.29. The monoisotopic (exact) mass is 441 g/mol. The first-order chi connectivity index (χ1) is 14.4. The highest BCUT2D eigenvalue weighted by Crippen LogP contribution is 2.25. The molecule has 2 aromatic heterocycles. The Hall–Kier alpha value is -2.59. The zero-order chi connectivity index (χ0) is 21.7. The number of nitrogens with one attached hydrogen (secondary N) is 1. The molecule has 0 spiro atoms. The van der Waals surface area contributed by atoms with Crippen LogP contribution in [0.3, 0.4) is 0 Å². The van der Waals surface area contributed by atoms with Crippen molar-refractivity contribution in [2.24, 2.45) is 5.92 Å². The molecule has 30 heavy (non-hydrogen) atoms. The maximum atomic E-state index is 13.5. The van der Waals surface area contributed by atoms with E-state index in [9.17, 15) is 18.4 Å². The molecule has 1 N–H and O–H groups in total. The standard InChI is InChI=1S/C19H22ClF2N5O3/c1-2-30-19(29)14-10-24-27(16(14)17(21)22)11-26-7-5-12(6-8-26)18(28)25-15-4-3-13(20)9-23-15/h3-4,9-10,12,17H,2,5-8,11H2,1H3,(H,23,25,28). The topological polar surface area (TPSA) is 89.4 Å². The smallest absolute Gasteiger partial charge is 0.341 e. The largest absolute Gasteiger partial charge is 0.462 e. The Labute approximate surface area is 177 Å². The quantitative estimate of drug-likeness (QED) is 0.663.